The first kappa shape index (κ1) is 8.72. The van der Waals surface area contributed by atoms with Gasteiger partial charge in [0, 0.05) is 19.1 Å². The van der Waals surface area contributed by atoms with Crippen LogP contribution in [0.25, 0.3) is 0 Å². The van der Waals surface area contributed by atoms with Gasteiger partial charge < -0.3 is 10.6 Å². The Morgan fingerprint density at radius 2 is 2.38 bits per heavy atom. The maximum atomic E-state index is 11.7. The van der Waals surface area contributed by atoms with E-state index in [4.69, 9.17) is 5.73 Å². The second-order valence-electron chi connectivity index (χ2n) is 3.40. The zero-order valence-corrected chi connectivity index (χ0v) is 8.30. The number of rotatable bonds is 1. The highest BCUT2D eigenvalue weighted by atomic mass is 32.1. The summed E-state index contributed by atoms with van der Waals surface area (Å²) in [6, 6.07) is 2.15. The van der Waals surface area contributed by atoms with E-state index in [1.807, 2.05) is 18.4 Å². The van der Waals surface area contributed by atoms with Crippen molar-refractivity contribution in [1.82, 2.24) is 4.90 Å². The molecule has 0 unspecified atom stereocenters. The predicted molar refractivity (Wildman–Crippen MR) is 52.9 cm³/mol. The van der Waals surface area contributed by atoms with Gasteiger partial charge in [0.25, 0.3) is 5.91 Å². The van der Waals surface area contributed by atoms with E-state index in [0.717, 1.165) is 10.4 Å². The van der Waals surface area contributed by atoms with Crippen molar-refractivity contribution in [2.75, 3.05) is 13.1 Å². The van der Waals surface area contributed by atoms with Crippen molar-refractivity contribution in [3.63, 3.8) is 0 Å². The third kappa shape index (κ3) is 1.47. The molecule has 1 amide bonds. The summed E-state index contributed by atoms with van der Waals surface area (Å²) in [6.45, 7) is 3.37. The molecule has 0 aromatic carbocycles. The molecular formula is C9H12N2OS. The Morgan fingerprint density at radius 3 is 2.85 bits per heavy atom. The smallest absolute Gasteiger partial charge is 0.264 e. The van der Waals surface area contributed by atoms with E-state index >= 15 is 0 Å². The molecule has 1 fully saturated rings. The van der Waals surface area contributed by atoms with Crippen LogP contribution in [0.5, 0.6) is 0 Å². The molecule has 0 aliphatic carbocycles. The summed E-state index contributed by atoms with van der Waals surface area (Å²) in [5.41, 5.74) is 6.67. The van der Waals surface area contributed by atoms with E-state index in [2.05, 4.69) is 0 Å². The quantitative estimate of drug-likeness (QED) is 0.723. The fraction of sp³-hybridized carbons (Fsp3) is 0.444. The van der Waals surface area contributed by atoms with Gasteiger partial charge in [0.1, 0.15) is 0 Å². The lowest BCUT2D eigenvalue weighted by atomic mass is 10.1. The highest BCUT2D eigenvalue weighted by Crippen LogP contribution is 2.20. The van der Waals surface area contributed by atoms with E-state index in [1.54, 1.807) is 4.90 Å². The molecular weight excluding hydrogens is 184 g/mol. The van der Waals surface area contributed by atoms with Gasteiger partial charge in [-0.05, 0) is 23.9 Å². The first-order valence-corrected chi connectivity index (χ1v) is 5.15. The topological polar surface area (TPSA) is 46.3 Å². The van der Waals surface area contributed by atoms with Gasteiger partial charge in [-0.15, -0.1) is 11.3 Å². The molecule has 0 saturated carbocycles. The van der Waals surface area contributed by atoms with E-state index in [1.165, 1.54) is 11.3 Å². The van der Waals surface area contributed by atoms with Crippen molar-refractivity contribution in [3.05, 3.63) is 21.9 Å². The molecule has 0 atom stereocenters. The molecule has 1 aromatic heterocycles. The second kappa shape index (κ2) is 3.12. The maximum Gasteiger partial charge on any atom is 0.264 e. The summed E-state index contributed by atoms with van der Waals surface area (Å²) in [5, 5.41) is 1.95. The van der Waals surface area contributed by atoms with Gasteiger partial charge in [0.2, 0.25) is 0 Å². The van der Waals surface area contributed by atoms with Gasteiger partial charge in [-0.25, -0.2) is 0 Å². The normalized spacial score (nSPS) is 17.2. The number of hydrogen-bond acceptors (Lipinski definition) is 3. The average Bonchev–Trinajstić information content (AvgIpc) is 2.44. The largest absolute Gasteiger partial charge is 0.335 e. The van der Waals surface area contributed by atoms with Crippen LogP contribution in [0.4, 0.5) is 0 Å². The Bertz CT molecular complexity index is 328. The minimum atomic E-state index is 0.134. The Hall–Kier alpha value is -0.870. The summed E-state index contributed by atoms with van der Waals surface area (Å²) < 4.78 is 0. The van der Waals surface area contributed by atoms with Gasteiger partial charge in [-0.2, -0.15) is 0 Å². The SMILES string of the molecule is Cc1ccsc1C(=O)N1CC(N)C1. The van der Waals surface area contributed by atoms with Crippen molar-refractivity contribution in [2.24, 2.45) is 5.73 Å². The van der Waals surface area contributed by atoms with Crippen molar-refractivity contribution < 1.29 is 4.79 Å². The van der Waals surface area contributed by atoms with Gasteiger partial charge >= 0.3 is 0 Å². The minimum Gasteiger partial charge on any atom is -0.335 e. The van der Waals surface area contributed by atoms with Crippen LogP contribution in [0, 0.1) is 6.92 Å². The van der Waals surface area contributed by atoms with E-state index in [9.17, 15) is 4.79 Å². The number of carbonyl (C=O) groups excluding carboxylic acids is 1. The van der Waals surface area contributed by atoms with Crippen LogP contribution in [0.2, 0.25) is 0 Å². The van der Waals surface area contributed by atoms with Gasteiger partial charge in [0.05, 0.1) is 4.88 Å². The maximum absolute atomic E-state index is 11.7. The van der Waals surface area contributed by atoms with E-state index in [0.29, 0.717) is 13.1 Å². The second-order valence-corrected chi connectivity index (χ2v) is 4.32. The lowest BCUT2D eigenvalue weighted by molar-refractivity contribution is 0.0612. The standard InChI is InChI=1S/C9H12N2OS/c1-6-2-3-13-8(6)9(12)11-4-7(10)5-11/h2-3,7H,4-5,10H2,1H3. The van der Waals surface area contributed by atoms with Crippen LogP contribution in [-0.4, -0.2) is 29.9 Å². The highest BCUT2D eigenvalue weighted by molar-refractivity contribution is 7.12. The monoisotopic (exact) mass is 196 g/mol. The number of carbonyl (C=O) groups is 1. The summed E-state index contributed by atoms with van der Waals surface area (Å²) in [6.07, 6.45) is 0. The molecule has 0 radical (unpaired) electrons. The number of nitrogens with two attached hydrogens (primary N) is 1. The Balaban J connectivity index is 2.10. The Labute approximate surface area is 81.2 Å². The lowest BCUT2D eigenvalue weighted by Crippen LogP contribution is -2.57. The first-order chi connectivity index (χ1) is 6.18. The molecule has 1 aliphatic rings. The van der Waals surface area contributed by atoms with Crippen molar-refractivity contribution in [2.45, 2.75) is 13.0 Å². The fourth-order valence-electron chi connectivity index (χ4n) is 1.41. The van der Waals surface area contributed by atoms with Gasteiger partial charge in [-0.3, -0.25) is 4.79 Å². The fourth-order valence-corrected chi connectivity index (χ4v) is 2.31. The third-order valence-corrected chi connectivity index (χ3v) is 3.26. The predicted octanol–water partition coefficient (Wildman–Crippen LogP) is 0.840. The molecule has 4 heteroatoms. The van der Waals surface area contributed by atoms with Gasteiger partial charge in [-0.1, -0.05) is 0 Å². The van der Waals surface area contributed by atoms with Gasteiger partial charge in [0.15, 0.2) is 0 Å². The number of aryl methyl sites for hydroxylation is 1. The van der Waals surface area contributed by atoms with E-state index < -0.39 is 0 Å². The summed E-state index contributed by atoms with van der Waals surface area (Å²) >= 11 is 1.50. The number of amides is 1. The third-order valence-electron chi connectivity index (χ3n) is 2.25. The van der Waals surface area contributed by atoms with Crippen LogP contribution < -0.4 is 5.73 Å². The number of likely N-dealkylation sites (tertiary alicyclic amines) is 1. The average molecular weight is 196 g/mol. The molecule has 1 saturated heterocycles. The van der Waals surface area contributed by atoms with Crippen molar-refractivity contribution >= 4 is 17.2 Å². The van der Waals surface area contributed by atoms with Crippen LogP contribution in [0.15, 0.2) is 11.4 Å². The Kier molecular flexibility index (Phi) is 2.09. The molecule has 70 valence electrons. The highest BCUT2D eigenvalue weighted by Gasteiger charge is 2.29. The molecule has 1 aliphatic heterocycles. The molecule has 3 nitrogen and oxygen atoms in total. The van der Waals surface area contributed by atoms with Crippen LogP contribution >= 0.6 is 11.3 Å². The van der Waals surface area contributed by atoms with Crippen LogP contribution in [0.1, 0.15) is 15.2 Å². The van der Waals surface area contributed by atoms with E-state index in [-0.39, 0.29) is 11.9 Å². The lowest BCUT2D eigenvalue weighted by Gasteiger charge is -2.36. The molecule has 2 heterocycles. The zero-order chi connectivity index (χ0) is 9.42. The first-order valence-electron chi connectivity index (χ1n) is 4.27. The van der Waals surface area contributed by atoms with Crippen LogP contribution in [0.3, 0.4) is 0 Å². The number of hydrogen-bond donors (Lipinski definition) is 1. The number of thiophene rings is 1. The Morgan fingerprint density at radius 1 is 1.69 bits per heavy atom. The molecule has 1 aromatic rings. The molecule has 2 N–H and O–H groups in total. The van der Waals surface area contributed by atoms with Crippen LogP contribution in [-0.2, 0) is 0 Å². The molecule has 0 spiro atoms. The molecule has 0 bridgehead atoms. The van der Waals surface area contributed by atoms with Crippen molar-refractivity contribution in [1.29, 1.82) is 0 Å². The summed E-state index contributed by atoms with van der Waals surface area (Å²) in [7, 11) is 0. The zero-order valence-electron chi connectivity index (χ0n) is 7.49. The molecule has 13 heavy (non-hydrogen) atoms. The summed E-state index contributed by atoms with van der Waals surface area (Å²) in [5.74, 6) is 0.134. The molecule has 2 rings (SSSR count). The number of nitrogens with zero attached hydrogens (tertiary/aromatic N) is 1. The summed E-state index contributed by atoms with van der Waals surface area (Å²) in [4.78, 5) is 14.4. The minimum absolute atomic E-state index is 0.134. The van der Waals surface area contributed by atoms with Crippen molar-refractivity contribution in [3.8, 4) is 0 Å².